The Labute approximate surface area is 192 Å². The lowest BCUT2D eigenvalue weighted by atomic mass is 10.2. The second kappa shape index (κ2) is 12.1. The van der Waals surface area contributed by atoms with E-state index in [0.717, 1.165) is 18.7 Å². The molecule has 0 spiro atoms. The van der Waals surface area contributed by atoms with Crippen LogP contribution in [-0.4, -0.2) is 54.4 Å². The number of unbranched alkanes of at least 4 members (excludes halogenated alkanes) is 3. The summed E-state index contributed by atoms with van der Waals surface area (Å²) in [5, 5.41) is 3.77. The van der Waals surface area contributed by atoms with Crippen molar-refractivity contribution in [2.75, 3.05) is 48.3 Å². The zero-order chi connectivity index (χ0) is 22.1. The SMILES string of the molecule is CCCCCCNC(=O)CSc1nc(Cl)cc(N2CCN(c3ccccc3F)CC2)n1. The first kappa shape index (κ1) is 23.6. The van der Waals surface area contributed by atoms with Gasteiger partial charge in [0, 0.05) is 38.8 Å². The minimum atomic E-state index is -0.205. The standard InChI is InChI=1S/C22H29ClFN5OS/c1-2-3-4-7-10-25-21(30)16-31-22-26-19(23)15-20(27-22)29-13-11-28(12-14-29)18-9-6-5-8-17(18)24/h5-6,8-9,15H,2-4,7,10-14,16H2,1H3,(H,25,30). The average molecular weight is 466 g/mol. The topological polar surface area (TPSA) is 61.4 Å². The van der Waals surface area contributed by atoms with Gasteiger partial charge in [0.15, 0.2) is 5.16 Å². The van der Waals surface area contributed by atoms with E-state index in [-0.39, 0.29) is 17.5 Å². The van der Waals surface area contributed by atoms with Crippen LogP contribution in [0.1, 0.15) is 32.6 Å². The first-order valence-corrected chi connectivity index (χ1v) is 12.1. The molecule has 1 saturated heterocycles. The number of carbonyl (C=O) groups excluding carboxylic acids is 1. The molecule has 0 bridgehead atoms. The highest BCUT2D eigenvalue weighted by molar-refractivity contribution is 7.99. The summed E-state index contributed by atoms with van der Waals surface area (Å²) in [7, 11) is 0. The van der Waals surface area contributed by atoms with Gasteiger partial charge in [0.2, 0.25) is 5.91 Å². The molecule has 6 nitrogen and oxygen atoms in total. The van der Waals surface area contributed by atoms with E-state index in [1.54, 1.807) is 18.2 Å². The lowest BCUT2D eigenvalue weighted by Gasteiger charge is -2.36. The number of hydrogen-bond donors (Lipinski definition) is 1. The van der Waals surface area contributed by atoms with Gasteiger partial charge in [-0.1, -0.05) is 61.7 Å². The van der Waals surface area contributed by atoms with Crippen LogP contribution >= 0.6 is 23.4 Å². The van der Waals surface area contributed by atoms with Gasteiger partial charge in [0.05, 0.1) is 11.4 Å². The predicted molar refractivity (Wildman–Crippen MR) is 126 cm³/mol. The number of hydrogen-bond acceptors (Lipinski definition) is 6. The van der Waals surface area contributed by atoms with Gasteiger partial charge >= 0.3 is 0 Å². The molecule has 2 heterocycles. The Bertz CT molecular complexity index is 864. The molecule has 1 N–H and O–H groups in total. The van der Waals surface area contributed by atoms with E-state index in [0.29, 0.717) is 48.7 Å². The van der Waals surface area contributed by atoms with Crippen LogP contribution in [0.3, 0.4) is 0 Å². The maximum absolute atomic E-state index is 14.1. The molecule has 0 unspecified atom stereocenters. The number of anilines is 2. The Morgan fingerprint density at radius 3 is 2.61 bits per heavy atom. The van der Waals surface area contributed by atoms with Crippen LogP contribution in [0.5, 0.6) is 0 Å². The summed E-state index contributed by atoms with van der Waals surface area (Å²) in [6.45, 7) is 5.63. The first-order chi connectivity index (χ1) is 15.1. The number of amides is 1. The van der Waals surface area contributed by atoms with Crippen LogP contribution in [0.25, 0.3) is 0 Å². The van der Waals surface area contributed by atoms with Crippen molar-refractivity contribution in [1.82, 2.24) is 15.3 Å². The van der Waals surface area contributed by atoms with Crippen LogP contribution < -0.4 is 15.1 Å². The predicted octanol–water partition coefficient (Wildman–Crippen LogP) is 4.38. The molecule has 3 rings (SSSR count). The molecule has 1 aliphatic rings. The van der Waals surface area contributed by atoms with E-state index in [4.69, 9.17) is 11.6 Å². The number of nitrogens with one attached hydrogen (secondary N) is 1. The van der Waals surface area contributed by atoms with E-state index in [1.165, 1.54) is 30.7 Å². The molecular formula is C22H29ClFN5OS. The van der Waals surface area contributed by atoms with Gasteiger partial charge in [-0.05, 0) is 18.6 Å². The summed E-state index contributed by atoms with van der Waals surface area (Å²) in [5.41, 5.74) is 0.625. The maximum atomic E-state index is 14.1. The van der Waals surface area contributed by atoms with Crippen molar-refractivity contribution < 1.29 is 9.18 Å². The van der Waals surface area contributed by atoms with E-state index in [9.17, 15) is 9.18 Å². The molecule has 1 aromatic carbocycles. The van der Waals surface area contributed by atoms with Gasteiger partial charge in [-0.2, -0.15) is 0 Å². The number of para-hydroxylation sites is 1. The van der Waals surface area contributed by atoms with Crippen LogP contribution in [0.15, 0.2) is 35.5 Å². The van der Waals surface area contributed by atoms with E-state index in [2.05, 4.69) is 27.1 Å². The van der Waals surface area contributed by atoms with E-state index < -0.39 is 0 Å². The van der Waals surface area contributed by atoms with Crippen molar-refractivity contribution in [3.8, 4) is 0 Å². The van der Waals surface area contributed by atoms with Gasteiger partial charge in [0.25, 0.3) is 0 Å². The third-order valence-electron chi connectivity index (χ3n) is 5.14. The molecule has 0 radical (unpaired) electrons. The number of benzene rings is 1. The Kier molecular flexibility index (Phi) is 9.21. The quantitative estimate of drug-likeness (QED) is 0.243. The highest BCUT2D eigenvalue weighted by Gasteiger charge is 2.21. The Morgan fingerprint density at radius 1 is 1.13 bits per heavy atom. The van der Waals surface area contributed by atoms with Crippen LogP contribution in [0.2, 0.25) is 5.15 Å². The van der Waals surface area contributed by atoms with Crippen molar-refractivity contribution in [1.29, 1.82) is 0 Å². The van der Waals surface area contributed by atoms with Crippen LogP contribution in [-0.2, 0) is 4.79 Å². The average Bonchev–Trinajstić information content (AvgIpc) is 2.78. The first-order valence-electron chi connectivity index (χ1n) is 10.8. The lowest BCUT2D eigenvalue weighted by Crippen LogP contribution is -2.47. The molecule has 31 heavy (non-hydrogen) atoms. The summed E-state index contributed by atoms with van der Waals surface area (Å²) in [6.07, 6.45) is 4.50. The van der Waals surface area contributed by atoms with Crippen LogP contribution in [0.4, 0.5) is 15.9 Å². The molecule has 1 aromatic heterocycles. The van der Waals surface area contributed by atoms with Crippen molar-refractivity contribution in [3.05, 3.63) is 41.3 Å². The molecule has 0 atom stereocenters. The maximum Gasteiger partial charge on any atom is 0.230 e. The summed E-state index contributed by atoms with van der Waals surface area (Å²) < 4.78 is 14.1. The number of aromatic nitrogens is 2. The molecule has 1 amide bonds. The third kappa shape index (κ3) is 7.25. The summed E-state index contributed by atoms with van der Waals surface area (Å²) >= 11 is 7.49. The molecular weight excluding hydrogens is 437 g/mol. The number of nitrogens with zero attached hydrogens (tertiary/aromatic N) is 4. The number of halogens is 2. The summed E-state index contributed by atoms with van der Waals surface area (Å²) in [5.74, 6) is 0.762. The van der Waals surface area contributed by atoms with E-state index >= 15 is 0 Å². The second-order valence-electron chi connectivity index (χ2n) is 7.46. The molecule has 0 aliphatic carbocycles. The highest BCUT2D eigenvalue weighted by atomic mass is 35.5. The van der Waals surface area contributed by atoms with Crippen molar-refractivity contribution in [3.63, 3.8) is 0 Å². The Balaban J connectivity index is 1.51. The number of rotatable bonds is 10. The lowest BCUT2D eigenvalue weighted by molar-refractivity contribution is -0.118. The van der Waals surface area contributed by atoms with Gasteiger partial charge in [0.1, 0.15) is 16.8 Å². The fourth-order valence-electron chi connectivity index (χ4n) is 3.46. The number of thioether (sulfide) groups is 1. The highest BCUT2D eigenvalue weighted by Crippen LogP contribution is 2.25. The molecule has 9 heteroatoms. The van der Waals surface area contributed by atoms with Gasteiger partial charge in [-0.15, -0.1) is 0 Å². The Morgan fingerprint density at radius 2 is 1.87 bits per heavy atom. The smallest absolute Gasteiger partial charge is 0.230 e. The molecule has 1 aliphatic heterocycles. The van der Waals surface area contributed by atoms with Crippen LogP contribution in [0, 0.1) is 5.82 Å². The normalized spacial score (nSPS) is 14.0. The van der Waals surface area contributed by atoms with E-state index in [1.807, 2.05) is 11.0 Å². The zero-order valence-electron chi connectivity index (χ0n) is 17.8. The zero-order valence-corrected chi connectivity index (χ0v) is 19.4. The van der Waals surface area contributed by atoms with Gasteiger partial charge in [-0.25, -0.2) is 14.4 Å². The minimum absolute atomic E-state index is 0.0230. The molecule has 168 valence electrons. The molecule has 0 saturated carbocycles. The number of piperazine rings is 1. The monoisotopic (exact) mass is 465 g/mol. The fourth-order valence-corrected chi connectivity index (χ4v) is 4.37. The van der Waals surface area contributed by atoms with Crippen molar-refractivity contribution in [2.45, 2.75) is 37.8 Å². The summed E-state index contributed by atoms with van der Waals surface area (Å²) in [6, 6.07) is 8.56. The summed E-state index contributed by atoms with van der Waals surface area (Å²) in [4.78, 5) is 25.0. The fraction of sp³-hybridized carbons (Fsp3) is 0.500. The van der Waals surface area contributed by atoms with Crippen molar-refractivity contribution >= 4 is 40.8 Å². The number of carbonyl (C=O) groups is 1. The molecule has 2 aromatic rings. The largest absolute Gasteiger partial charge is 0.366 e. The second-order valence-corrected chi connectivity index (χ2v) is 8.79. The third-order valence-corrected chi connectivity index (χ3v) is 6.18. The van der Waals surface area contributed by atoms with Gasteiger partial charge in [-0.3, -0.25) is 4.79 Å². The van der Waals surface area contributed by atoms with Crippen molar-refractivity contribution in [2.24, 2.45) is 0 Å². The minimum Gasteiger partial charge on any atom is -0.366 e. The molecule has 1 fully saturated rings. The Hall–Kier alpha value is -2.06. The van der Waals surface area contributed by atoms with Gasteiger partial charge < -0.3 is 15.1 Å².